The Kier molecular flexibility index (Phi) is 8.24. The Labute approximate surface area is 122 Å². The van der Waals surface area contributed by atoms with Crippen molar-refractivity contribution in [3.8, 4) is 0 Å². The molecule has 1 unspecified atom stereocenters. The van der Waals surface area contributed by atoms with E-state index in [0.29, 0.717) is 12.8 Å². The number of rotatable bonds is 9. The first-order valence-corrected chi connectivity index (χ1v) is 7.99. The van der Waals surface area contributed by atoms with Gasteiger partial charge in [0.25, 0.3) is 0 Å². The summed E-state index contributed by atoms with van der Waals surface area (Å²) < 4.78 is 4.70. The second-order valence-electron chi connectivity index (χ2n) is 5.65. The van der Waals surface area contributed by atoms with Crippen LogP contribution in [-0.2, 0) is 14.3 Å². The molecule has 0 amide bonds. The maximum absolute atomic E-state index is 11.8. The zero-order valence-electron chi connectivity index (χ0n) is 13.0. The number of hydrogen-bond acceptors (Lipinski definition) is 3. The van der Waals surface area contributed by atoms with Gasteiger partial charge < -0.3 is 4.74 Å². The van der Waals surface area contributed by atoms with Gasteiger partial charge in [0.15, 0.2) is 5.78 Å². The molecule has 0 saturated heterocycles. The fourth-order valence-corrected chi connectivity index (χ4v) is 2.79. The van der Waals surface area contributed by atoms with Crippen LogP contribution in [0.15, 0.2) is 11.6 Å². The van der Waals surface area contributed by atoms with Crippen molar-refractivity contribution in [3.05, 3.63) is 11.6 Å². The van der Waals surface area contributed by atoms with Gasteiger partial charge in [-0.15, -0.1) is 0 Å². The van der Waals surface area contributed by atoms with Crippen LogP contribution >= 0.6 is 0 Å². The maximum atomic E-state index is 11.8. The lowest BCUT2D eigenvalue weighted by molar-refractivity contribution is -0.141. The van der Waals surface area contributed by atoms with E-state index in [9.17, 15) is 9.59 Å². The summed E-state index contributed by atoms with van der Waals surface area (Å²) in [5, 5.41) is 0. The number of hydrogen-bond donors (Lipinski definition) is 0. The lowest BCUT2D eigenvalue weighted by Crippen LogP contribution is -2.10. The van der Waals surface area contributed by atoms with Crippen molar-refractivity contribution in [1.82, 2.24) is 0 Å². The standard InChI is InChI=1S/C17H28O3/c1-3-4-5-6-7-8-9-10-15-14(11-12-16(15)18)13-17(19)20-2/h10,14H,3-9,11-13H2,1-2H3. The zero-order chi connectivity index (χ0) is 14.8. The number of Topliss-reactive ketones (excluding diaryl/α,β-unsaturated/α-hetero) is 1. The third-order valence-electron chi connectivity index (χ3n) is 4.04. The summed E-state index contributed by atoms with van der Waals surface area (Å²) in [4.78, 5) is 23.2. The minimum absolute atomic E-state index is 0.0926. The Balaban J connectivity index is 2.31. The third-order valence-corrected chi connectivity index (χ3v) is 4.04. The molecule has 0 N–H and O–H groups in total. The lowest BCUT2D eigenvalue weighted by Gasteiger charge is -2.09. The number of allylic oxidation sites excluding steroid dienone is 2. The molecule has 0 bridgehead atoms. The molecule has 0 heterocycles. The van der Waals surface area contributed by atoms with Crippen LogP contribution in [-0.4, -0.2) is 18.9 Å². The minimum atomic E-state index is -0.213. The number of carbonyl (C=O) groups is 2. The van der Waals surface area contributed by atoms with Crippen molar-refractivity contribution in [3.63, 3.8) is 0 Å². The predicted molar refractivity (Wildman–Crippen MR) is 80.4 cm³/mol. The van der Waals surface area contributed by atoms with Crippen LogP contribution in [0.5, 0.6) is 0 Å². The molecule has 0 aromatic carbocycles. The van der Waals surface area contributed by atoms with Crippen LogP contribution in [0.2, 0.25) is 0 Å². The molecular weight excluding hydrogens is 252 g/mol. The number of carbonyl (C=O) groups excluding carboxylic acids is 2. The molecule has 0 aromatic rings. The molecule has 0 radical (unpaired) electrons. The summed E-state index contributed by atoms with van der Waals surface area (Å²) in [5.41, 5.74) is 0.879. The molecular formula is C17H28O3. The van der Waals surface area contributed by atoms with Crippen molar-refractivity contribution >= 4 is 11.8 Å². The number of unbranched alkanes of at least 4 members (excludes halogenated alkanes) is 6. The molecule has 1 fully saturated rings. The molecule has 3 nitrogen and oxygen atoms in total. The normalized spacial score (nSPS) is 20.6. The molecule has 20 heavy (non-hydrogen) atoms. The average molecular weight is 280 g/mol. The van der Waals surface area contributed by atoms with E-state index in [4.69, 9.17) is 4.74 Å². The van der Waals surface area contributed by atoms with E-state index < -0.39 is 0 Å². The monoisotopic (exact) mass is 280 g/mol. The van der Waals surface area contributed by atoms with E-state index in [1.165, 1.54) is 39.2 Å². The molecule has 0 aliphatic heterocycles. The quantitative estimate of drug-likeness (QED) is 0.361. The van der Waals surface area contributed by atoms with Crippen molar-refractivity contribution in [2.24, 2.45) is 5.92 Å². The molecule has 1 aliphatic carbocycles. The van der Waals surface area contributed by atoms with Crippen LogP contribution in [0.25, 0.3) is 0 Å². The molecule has 114 valence electrons. The Morgan fingerprint density at radius 2 is 1.95 bits per heavy atom. The third kappa shape index (κ3) is 5.89. The SMILES string of the molecule is CCCCCCCCC=C1C(=O)CCC1CC(=O)OC. The van der Waals surface area contributed by atoms with Crippen molar-refractivity contribution < 1.29 is 14.3 Å². The summed E-state index contributed by atoms with van der Waals surface area (Å²) >= 11 is 0. The molecule has 1 saturated carbocycles. The van der Waals surface area contributed by atoms with Gasteiger partial charge in [-0.05, 0) is 30.8 Å². The van der Waals surface area contributed by atoms with Crippen molar-refractivity contribution in [2.75, 3.05) is 7.11 Å². The Morgan fingerprint density at radius 1 is 1.25 bits per heavy atom. The molecule has 1 atom stereocenters. The minimum Gasteiger partial charge on any atom is -0.469 e. The van der Waals surface area contributed by atoms with E-state index >= 15 is 0 Å². The molecule has 3 heteroatoms. The van der Waals surface area contributed by atoms with E-state index in [1.807, 2.05) is 0 Å². The van der Waals surface area contributed by atoms with Crippen LogP contribution in [0, 0.1) is 5.92 Å². The summed E-state index contributed by atoms with van der Waals surface area (Å²) in [7, 11) is 1.40. The molecule has 1 rings (SSSR count). The molecule has 1 aliphatic rings. The Morgan fingerprint density at radius 3 is 2.65 bits per heavy atom. The second-order valence-corrected chi connectivity index (χ2v) is 5.65. The number of ketones is 1. The second kappa shape index (κ2) is 9.73. The number of esters is 1. The van der Waals surface area contributed by atoms with Crippen LogP contribution in [0.1, 0.15) is 71.1 Å². The van der Waals surface area contributed by atoms with E-state index in [-0.39, 0.29) is 17.7 Å². The largest absolute Gasteiger partial charge is 0.469 e. The van der Waals surface area contributed by atoms with Crippen LogP contribution < -0.4 is 0 Å². The van der Waals surface area contributed by atoms with Crippen molar-refractivity contribution in [2.45, 2.75) is 71.1 Å². The summed E-state index contributed by atoms with van der Waals surface area (Å²) in [5.74, 6) is 0.107. The zero-order valence-corrected chi connectivity index (χ0v) is 13.0. The Hall–Kier alpha value is -1.12. The predicted octanol–water partition coefficient (Wildman–Crippen LogP) is 4.21. The smallest absolute Gasteiger partial charge is 0.306 e. The topological polar surface area (TPSA) is 43.4 Å². The van der Waals surface area contributed by atoms with Crippen LogP contribution in [0.3, 0.4) is 0 Å². The highest BCUT2D eigenvalue weighted by atomic mass is 16.5. The summed E-state index contributed by atoms with van der Waals surface area (Å²) in [6.45, 7) is 2.22. The first kappa shape index (κ1) is 16.9. The number of ether oxygens (including phenoxy) is 1. The van der Waals surface area contributed by atoms with E-state index in [1.54, 1.807) is 0 Å². The molecule has 0 aromatic heterocycles. The summed E-state index contributed by atoms with van der Waals surface area (Å²) in [6.07, 6.45) is 12.4. The van der Waals surface area contributed by atoms with Gasteiger partial charge in [-0.2, -0.15) is 0 Å². The highest BCUT2D eigenvalue weighted by molar-refractivity contribution is 5.98. The van der Waals surface area contributed by atoms with Gasteiger partial charge in [0.1, 0.15) is 0 Å². The van der Waals surface area contributed by atoms with E-state index in [2.05, 4.69) is 13.0 Å². The maximum Gasteiger partial charge on any atom is 0.306 e. The van der Waals surface area contributed by atoms with Gasteiger partial charge in [0.2, 0.25) is 0 Å². The van der Waals surface area contributed by atoms with Gasteiger partial charge in [-0.25, -0.2) is 0 Å². The summed E-state index contributed by atoms with van der Waals surface area (Å²) in [6, 6.07) is 0. The first-order chi connectivity index (χ1) is 9.69. The van der Waals surface area contributed by atoms with Gasteiger partial charge in [0.05, 0.1) is 13.5 Å². The Bertz CT molecular complexity index is 344. The van der Waals surface area contributed by atoms with Gasteiger partial charge >= 0.3 is 5.97 Å². The highest BCUT2D eigenvalue weighted by Crippen LogP contribution is 2.31. The van der Waals surface area contributed by atoms with Gasteiger partial charge in [-0.1, -0.05) is 45.1 Å². The number of methoxy groups -OCH3 is 1. The first-order valence-electron chi connectivity index (χ1n) is 7.99. The molecule has 0 spiro atoms. The fraction of sp³-hybridized carbons (Fsp3) is 0.765. The van der Waals surface area contributed by atoms with Crippen molar-refractivity contribution in [1.29, 1.82) is 0 Å². The lowest BCUT2D eigenvalue weighted by atomic mass is 9.97. The van der Waals surface area contributed by atoms with Crippen LogP contribution in [0.4, 0.5) is 0 Å². The fourth-order valence-electron chi connectivity index (χ4n) is 2.79. The van der Waals surface area contributed by atoms with Gasteiger partial charge in [-0.3, -0.25) is 9.59 Å². The average Bonchev–Trinajstić information content (AvgIpc) is 2.78. The highest BCUT2D eigenvalue weighted by Gasteiger charge is 2.29. The van der Waals surface area contributed by atoms with Gasteiger partial charge in [0, 0.05) is 6.42 Å². The van der Waals surface area contributed by atoms with E-state index in [0.717, 1.165) is 24.8 Å².